The highest BCUT2D eigenvalue weighted by atomic mass is 16.3. The maximum Gasteiger partial charge on any atom is 0.234 e. The first-order chi connectivity index (χ1) is 32.8. The molecule has 5 nitrogen and oxygen atoms in total. The number of anilines is 3. The Kier molecular flexibility index (Phi) is 7.67. The maximum atomic E-state index is 6.83. The number of fused-ring (bicyclic) bond motifs is 17. The summed E-state index contributed by atoms with van der Waals surface area (Å²) in [5.41, 5.74) is 25.4. The van der Waals surface area contributed by atoms with Crippen molar-refractivity contribution in [2.45, 2.75) is 71.6 Å². The van der Waals surface area contributed by atoms with E-state index in [9.17, 15) is 0 Å². The Hall–Kier alpha value is -7.76. The van der Waals surface area contributed by atoms with E-state index in [4.69, 9.17) is 18.8 Å². The van der Waals surface area contributed by atoms with E-state index in [1.807, 2.05) is 18.5 Å². The molecule has 14 rings (SSSR count). The number of furan rings is 2. The van der Waals surface area contributed by atoms with Crippen LogP contribution < -0.4 is 4.90 Å². The number of aryl methyl sites for hydroxylation is 2. The van der Waals surface area contributed by atoms with Gasteiger partial charge in [-0.25, -0.2) is 9.97 Å². The average molecular weight is 880 g/mol. The van der Waals surface area contributed by atoms with Crippen LogP contribution in [0.25, 0.3) is 88.4 Å². The third kappa shape index (κ3) is 5.06. The van der Waals surface area contributed by atoms with Crippen LogP contribution in [0.15, 0.2) is 161 Å². The van der Waals surface area contributed by atoms with Gasteiger partial charge in [0.25, 0.3) is 0 Å². The molecule has 8 aromatic carbocycles. The quantitative estimate of drug-likeness (QED) is 0.176. The molecule has 3 aliphatic rings. The molecule has 11 aromatic rings. The number of para-hydroxylation sites is 2. The predicted octanol–water partition coefficient (Wildman–Crippen LogP) is 16.9. The second-order valence-electron chi connectivity index (χ2n) is 21.1. The fourth-order valence-electron chi connectivity index (χ4n) is 12.7. The highest BCUT2D eigenvalue weighted by Crippen LogP contribution is 2.60. The van der Waals surface area contributed by atoms with Gasteiger partial charge in [-0.05, 0) is 158 Å². The van der Waals surface area contributed by atoms with Crippen LogP contribution in [-0.2, 0) is 16.2 Å². The molecular formula is C63H49N3O2. The first-order valence-corrected chi connectivity index (χ1v) is 23.9. The second-order valence-corrected chi connectivity index (χ2v) is 21.1. The number of benzene rings is 8. The molecule has 3 heterocycles. The van der Waals surface area contributed by atoms with Crippen molar-refractivity contribution in [2.75, 3.05) is 4.90 Å². The average Bonchev–Trinajstić information content (AvgIpc) is 4.08. The van der Waals surface area contributed by atoms with Crippen LogP contribution in [0.2, 0.25) is 0 Å². The Morgan fingerprint density at radius 1 is 0.412 bits per heavy atom. The van der Waals surface area contributed by atoms with Gasteiger partial charge >= 0.3 is 0 Å². The minimum absolute atomic E-state index is 0.181. The molecule has 0 saturated heterocycles. The second kappa shape index (κ2) is 13.2. The van der Waals surface area contributed by atoms with Crippen molar-refractivity contribution in [2.24, 2.45) is 0 Å². The van der Waals surface area contributed by atoms with E-state index >= 15 is 0 Å². The van der Waals surface area contributed by atoms with Gasteiger partial charge in [0.1, 0.15) is 22.3 Å². The Bertz CT molecular complexity index is 4030. The topological polar surface area (TPSA) is 55.3 Å². The Morgan fingerprint density at radius 3 is 1.71 bits per heavy atom. The van der Waals surface area contributed by atoms with Gasteiger partial charge in [0.05, 0.1) is 0 Å². The van der Waals surface area contributed by atoms with E-state index in [1.54, 1.807) is 0 Å². The van der Waals surface area contributed by atoms with E-state index < -0.39 is 0 Å². The summed E-state index contributed by atoms with van der Waals surface area (Å²) < 4.78 is 13.3. The van der Waals surface area contributed by atoms with Crippen molar-refractivity contribution in [3.63, 3.8) is 0 Å². The molecule has 0 amide bonds. The molecule has 0 spiro atoms. The van der Waals surface area contributed by atoms with E-state index in [1.165, 1.54) is 99.6 Å². The first kappa shape index (κ1) is 39.4. The molecule has 3 aliphatic carbocycles. The molecule has 328 valence electrons. The van der Waals surface area contributed by atoms with Crippen LogP contribution in [-0.4, -0.2) is 9.97 Å². The normalized spacial score (nSPS) is 15.4. The molecule has 0 radical (unpaired) electrons. The molecule has 5 heteroatoms. The van der Waals surface area contributed by atoms with Gasteiger partial charge in [-0.1, -0.05) is 120 Å². The molecule has 68 heavy (non-hydrogen) atoms. The zero-order chi connectivity index (χ0) is 46.2. The van der Waals surface area contributed by atoms with Crippen LogP contribution in [0.1, 0.15) is 86.1 Å². The Labute approximate surface area is 395 Å². The van der Waals surface area contributed by atoms with Crippen LogP contribution >= 0.6 is 0 Å². The van der Waals surface area contributed by atoms with Crippen LogP contribution in [0.5, 0.6) is 0 Å². The molecule has 0 fully saturated rings. The van der Waals surface area contributed by atoms with Gasteiger partial charge in [-0.15, -0.1) is 0 Å². The first-order valence-electron chi connectivity index (χ1n) is 23.9. The molecule has 0 saturated carbocycles. The summed E-state index contributed by atoms with van der Waals surface area (Å²) in [6, 6.07) is 51.4. The summed E-state index contributed by atoms with van der Waals surface area (Å²) >= 11 is 0. The van der Waals surface area contributed by atoms with Gasteiger partial charge in [0, 0.05) is 67.1 Å². The van der Waals surface area contributed by atoms with Crippen LogP contribution in [0, 0.1) is 13.8 Å². The standard InChI is InChI=1S/C63H49N3O2/c1-34-18-21-38(35(2)28-34)44-32-51-55(58-42-15-10-12-17-53(42)68-59(44)58)40-23-20-37(30-48(40)63(51,7)8)66(60-64-26-13-27-65-60)36-19-22-39-43-31-50-45(33-49(43)62(5,6)47(39)29-36)56-46(61(50,3)4)24-25-54-57(56)41-14-9-11-16-52(41)67-54/h9-33H,1-8H3. The molecule has 0 atom stereocenters. The lowest BCUT2D eigenvalue weighted by molar-refractivity contribution is 0.651. The third-order valence-corrected chi connectivity index (χ3v) is 16.2. The largest absolute Gasteiger partial charge is 0.456 e. The number of rotatable bonds is 4. The predicted molar refractivity (Wildman–Crippen MR) is 279 cm³/mol. The zero-order valence-corrected chi connectivity index (χ0v) is 39.6. The summed E-state index contributed by atoms with van der Waals surface area (Å²) in [4.78, 5) is 12.1. The highest BCUT2D eigenvalue weighted by molar-refractivity contribution is 6.19. The highest BCUT2D eigenvalue weighted by Gasteiger charge is 2.44. The fourth-order valence-corrected chi connectivity index (χ4v) is 12.7. The van der Waals surface area contributed by atoms with Crippen molar-refractivity contribution in [1.29, 1.82) is 0 Å². The maximum absolute atomic E-state index is 6.83. The summed E-state index contributed by atoms with van der Waals surface area (Å²) in [6.07, 6.45) is 3.68. The molecule has 0 unspecified atom stereocenters. The van der Waals surface area contributed by atoms with E-state index in [-0.39, 0.29) is 16.2 Å². The van der Waals surface area contributed by atoms with Crippen molar-refractivity contribution in [3.05, 3.63) is 196 Å². The number of hydrogen-bond donors (Lipinski definition) is 0. The number of aromatic nitrogens is 2. The van der Waals surface area contributed by atoms with E-state index in [0.717, 1.165) is 44.7 Å². The minimum atomic E-state index is -0.327. The van der Waals surface area contributed by atoms with Gasteiger partial charge < -0.3 is 8.83 Å². The SMILES string of the molecule is Cc1ccc(-c2cc3c(c4c2oc2ccccc24)-c2ccc(N(c4ccc5c(c4)C(C)(C)c4cc6c(cc4-5)C(C)(C)c4ccc5oc7ccccc7c5c4-6)c4ncccn4)cc2C3(C)C)c(C)c1. The summed E-state index contributed by atoms with van der Waals surface area (Å²) in [5, 5.41) is 4.70. The van der Waals surface area contributed by atoms with Gasteiger partial charge in [-0.3, -0.25) is 4.90 Å². The lowest BCUT2D eigenvalue weighted by Crippen LogP contribution is -2.19. The van der Waals surface area contributed by atoms with Crippen molar-refractivity contribution in [1.82, 2.24) is 9.97 Å². The fraction of sp³-hybridized carbons (Fsp3) is 0.175. The van der Waals surface area contributed by atoms with Crippen molar-refractivity contribution < 1.29 is 8.83 Å². The number of nitrogens with zero attached hydrogens (tertiary/aromatic N) is 3. The summed E-state index contributed by atoms with van der Waals surface area (Å²) in [5.74, 6) is 0.628. The Balaban J connectivity index is 0.925. The summed E-state index contributed by atoms with van der Waals surface area (Å²) in [6.45, 7) is 18.6. The zero-order valence-electron chi connectivity index (χ0n) is 39.6. The van der Waals surface area contributed by atoms with E-state index in [0.29, 0.717) is 5.95 Å². The van der Waals surface area contributed by atoms with Gasteiger partial charge in [0.15, 0.2) is 0 Å². The third-order valence-electron chi connectivity index (χ3n) is 16.2. The lowest BCUT2D eigenvalue weighted by Gasteiger charge is -2.28. The van der Waals surface area contributed by atoms with Gasteiger partial charge in [0.2, 0.25) is 5.95 Å². The molecule has 0 aliphatic heterocycles. The van der Waals surface area contributed by atoms with Gasteiger partial charge in [-0.2, -0.15) is 0 Å². The minimum Gasteiger partial charge on any atom is -0.456 e. The Morgan fingerprint density at radius 2 is 0.971 bits per heavy atom. The molecule has 0 N–H and O–H groups in total. The summed E-state index contributed by atoms with van der Waals surface area (Å²) in [7, 11) is 0. The molecular weight excluding hydrogens is 831 g/mol. The monoisotopic (exact) mass is 879 g/mol. The van der Waals surface area contributed by atoms with Crippen molar-refractivity contribution >= 4 is 61.2 Å². The van der Waals surface area contributed by atoms with Crippen molar-refractivity contribution in [3.8, 4) is 44.5 Å². The lowest BCUT2D eigenvalue weighted by atomic mass is 9.79. The van der Waals surface area contributed by atoms with Crippen LogP contribution in [0.3, 0.4) is 0 Å². The van der Waals surface area contributed by atoms with Crippen LogP contribution in [0.4, 0.5) is 17.3 Å². The molecule has 0 bridgehead atoms. The number of hydrogen-bond acceptors (Lipinski definition) is 5. The molecule has 3 aromatic heterocycles. The smallest absolute Gasteiger partial charge is 0.234 e. The van der Waals surface area contributed by atoms with E-state index in [2.05, 4.69) is 194 Å².